The number of rotatable bonds is 3. The Morgan fingerprint density at radius 3 is 2.93 bits per heavy atom. The van der Waals surface area contributed by atoms with Crippen LogP contribution < -0.4 is 15.0 Å². The van der Waals surface area contributed by atoms with E-state index in [1.165, 1.54) is 21.5 Å². The minimum absolute atomic E-state index is 0.162. The molecule has 0 radical (unpaired) electrons. The molecule has 0 spiro atoms. The van der Waals surface area contributed by atoms with E-state index < -0.39 is 5.97 Å². The van der Waals surface area contributed by atoms with E-state index in [0.717, 1.165) is 0 Å². The highest BCUT2D eigenvalue weighted by Crippen LogP contribution is 2.33. The zero-order valence-corrected chi connectivity index (χ0v) is 14.8. The van der Waals surface area contributed by atoms with Crippen LogP contribution in [0.4, 0.5) is 0 Å². The van der Waals surface area contributed by atoms with Crippen molar-refractivity contribution in [3.05, 3.63) is 58.8 Å². The third kappa shape index (κ3) is 2.33. The van der Waals surface area contributed by atoms with E-state index in [1.807, 2.05) is 0 Å². The Labute approximate surface area is 157 Å². The fourth-order valence-corrected chi connectivity index (χ4v) is 3.21. The summed E-state index contributed by atoms with van der Waals surface area (Å²) in [4.78, 5) is 29.4. The van der Waals surface area contributed by atoms with Crippen LogP contribution in [0.15, 0.2) is 47.7 Å². The van der Waals surface area contributed by atoms with Crippen LogP contribution in [0.25, 0.3) is 22.2 Å². The SMILES string of the molecule is CCOC(=O)c1cnn2c1ncc1c(=O)n(-c3ccc4c(c3)OCO4)ccc12. The van der Waals surface area contributed by atoms with Crippen molar-refractivity contribution in [2.45, 2.75) is 6.92 Å². The van der Waals surface area contributed by atoms with E-state index in [2.05, 4.69) is 10.1 Å². The van der Waals surface area contributed by atoms with Gasteiger partial charge in [0, 0.05) is 18.5 Å². The molecule has 0 saturated heterocycles. The first-order valence-electron chi connectivity index (χ1n) is 8.62. The molecule has 140 valence electrons. The fourth-order valence-electron chi connectivity index (χ4n) is 3.21. The first-order chi connectivity index (χ1) is 13.7. The molecule has 4 aromatic rings. The average molecular weight is 378 g/mol. The van der Waals surface area contributed by atoms with Crippen LogP contribution in [0.3, 0.4) is 0 Å². The molecule has 0 unspecified atom stereocenters. The Bertz CT molecular complexity index is 1310. The van der Waals surface area contributed by atoms with Crippen LogP contribution in [0.5, 0.6) is 11.5 Å². The number of hydrogen-bond acceptors (Lipinski definition) is 7. The zero-order valence-electron chi connectivity index (χ0n) is 14.8. The Morgan fingerprint density at radius 1 is 1.21 bits per heavy atom. The van der Waals surface area contributed by atoms with Crippen LogP contribution in [0, 0.1) is 0 Å². The maximum atomic E-state index is 13.0. The molecule has 3 aromatic heterocycles. The van der Waals surface area contributed by atoms with Gasteiger partial charge in [0.25, 0.3) is 5.56 Å². The number of aromatic nitrogens is 4. The molecule has 5 rings (SSSR count). The van der Waals surface area contributed by atoms with Crippen molar-refractivity contribution in [1.82, 2.24) is 19.2 Å². The van der Waals surface area contributed by atoms with Crippen molar-refractivity contribution in [2.24, 2.45) is 0 Å². The van der Waals surface area contributed by atoms with Gasteiger partial charge < -0.3 is 14.2 Å². The number of pyridine rings is 1. The van der Waals surface area contributed by atoms with Crippen LogP contribution >= 0.6 is 0 Å². The molecule has 1 aromatic carbocycles. The lowest BCUT2D eigenvalue weighted by atomic mass is 10.2. The van der Waals surface area contributed by atoms with Crippen LogP contribution in [0.2, 0.25) is 0 Å². The second kappa shape index (κ2) is 6.08. The summed E-state index contributed by atoms with van der Waals surface area (Å²) in [5, 5.41) is 4.58. The van der Waals surface area contributed by atoms with Crippen LogP contribution in [0.1, 0.15) is 17.3 Å². The Kier molecular flexibility index (Phi) is 3.54. The van der Waals surface area contributed by atoms with E-state index in [1.54, 1.807) is 37.4 Å². The highest BCUT2D eigenvalue weighted by atomic mass is 16.7. The minimum Gasteiger partial charge on any atom is -0.462 e. The van der Waals surface area contributed by atoms with E-state index in [0.29, 0.717) is 33.7 Å². The monoisotopic (exact) mass is 378 g/mol. The number of nitrogens with zero attached hydrogens (tertiary/aromatic N) is 4. The lowest BCUT2D eigenvalue weighted by molar-refractivity contribution is 0.0528. The molecular formula is C19H14N4O5. The van der Waals surface area contributed by atoms with E-state index in [4.69, 9.17) is 14.2 Å². The molecule has 28 heavy (non-hydrogen) atoms. The van der Waals surface area contributed by atoms with Crippen molar-refractivity contribution >= 4 is 22.5 Å². The number of ether oxygens (including phenoxy) is 3. The molecule has 0 atom stereocenters. The number of carbonyl (C=O) groups is 1. The quantitative estimate of drug-likeness (QED) is 0.503. The first kappa shape index (κ1) is 16.3. The summed E-state index contributed by atoms with van der Waals surface area (Å²) in [5.41, 5.74) is 1.51. The third-order valence-corrected chi connectivity index (χ3v) is 4.52. The van der Waals surface area contributed by atoms with Gasteiger partial charge in [-0.05, 0) is 25.1 Å². The molecule has 4 heterocycles. The first-order valence-corrected chi connectivity index (χ1v) is 8.62. The summed E-state index contributed by atoms with van der Waals surface area (Å²) < 4.78 is 18.7. The predicted molar refractivity (Wildman–Crippen MR) is 98.2 cm³/mol. The van der Waals surface area contributed by atoms with Gasteiger partial charge in [-0.1, -0.05) is 0 Å². The lowest BCUT2D eigenvalue weighted by Gasteiger charge is -2.09. The predicted octanol–water partition coefficient (Wildman–Crippen LogP) is 1.94. The highest BCUT2D eigenvalue weighted by molar-refractivity contribution is 5.97. The van der Waals surface area contributed by atoms with Crippen molar-refractivity contribution < 1.29 is 19.0 Å². The van der Waals surface area contributed by atoms with Crippen LogP contribution in [-0.4, -0.2) is 38.5 Å². The topological polar surface area (TPSA) is 97.0 Å². The summed E-state index contributed by atoms with van der Waals surface area (Å²) in [5.74, 6) is 0.728. The summed E-state index contributed by atoms with van der Waals surface area (Å²) in [6, 6.07) is 7.03. The van der Waals surface area contributed by atoms with E-state index in [-0.39, 0.29) is 24.5 Å². The van der Waals surface area contributed by atoms with Gasteiger partial charge in [0.2, 0.25) is 6.79 Å². The number of benzene rings is 1. The highest BCUT2D eigenvalue weighted by Gasteiger charge is 2.19. The normalized spacial score (nSPS) is 12.6. The molecule has 1 aliphatic rings. The Morgan fingerprint density at radius 2 is 2.07 bits per heavy atom. The van der Waals surface area contributed by atoms with E-state index >= 15 is 0 Å². The molecule has 1 aliphatic heterocycles. The Balaban J connectivity index is 1.67. The maximum absolute atomic E-state index is 13.0. The molecule has 0 N–H and O–H groups in total. The molecule has 0 saturated carbocycles. The second-order valence-corrected chi connectivity index (χ2v) is 6.10. The van der Waals surface area contributed by atoms with Gasteiger partial charge >= 0.3 is 5.97 Å². The van der Waals surface area contributed by atoms with Gasteiger partial charge in [-0.25, -0.2) is 14.3 Å². The molecule has 9 heteroatoms. The Hall–Kier alpha value is -3.88. The number of carbonyl (C=O) groups excluding carboxylic acids is 1. The van der Waals surface area contributed by atoms with E-state index in [9.17, 15) is 9.59 Å². The largest absolute Gasteiger partial charge is 0.462 e. The van der Waals surface area contributed by atoms with Crippen LogP contribution in [-0.2, 0) is 4.74 Å². The summed E-state index contributed by atoms with van der Waals surface area (Å²) >= 11 is 0. The van der Waals surface area contributed by atoms with Gasteiger partial charge in [-0.3, -0.25) is 9.36 Å². The van der Waals surface area contributed by atoms with Crippen molar-refractivity contribution in [1.29, 1.82) is 0 Å². The second-order valence-electron chi connectivity index (χ2n) is 6.10. The molecular weight excluding hydrogens is 364 g/mol. The van der Waals surface area contributed by atoms with Gasteiger partial charge in [0.1, 0.15) is 5.56 Å². The number of hydrogen-bond donors (Lipinski definition) is 0. The molecule has 9 nitrogen and oxygen atoms in total. The molecule has 0 bridgehead atoms. The number of esters is 1. The molecule has 0 aliphatic carbocycles. The number of fused-ring (bicyclic) bond motifs is 4. The minimum atomic E-state index is -0.502. The maximum Gasteiger partial charge on any atom is 0.343 e. The molecule has 0 amide bonds. The molecule has 0 fully saturated rings. The van der Waals surface area contributed by atoms with Crippen molar-refractivity contribution in [2.75, 3.05) is 13.4 Å². The third-order valence-electron chi connectivity index (χ3n) is 4.52. The summed E-state index contributed by atoms with van der Waals surface area (Å²) in [6.45, 7) is 2.14. The van der Waals surface area contributed by atoms with Crippen molar-refractivity contribution in [3.8, 4) is 17.2 Å². The zero-order chi connectivity index (χ0) is 19.3. The van der Waals surface area contributed by atoms with Gasteiger partial charge in [-0.15, -0.1) is 0 Å². The standard InChI is InChI=1S/C19H14N4O5/c1-2-26-19(25)13-9-21-23-14-5-6-22(18(24)12(14)8-20-17(13)23)11-3-4-15-16(7-11)28-10-27-15/h3-9H,2,10H2,1H3. The van der Waals surface area contributed by atoms with Crippen molar-refractivity contribution in [3.63, 3.8) is 0 Å². The average Bonchev–Trinajstić information content (AvgIpc) is 3.34. The van der Waals surface area contributed by atoms with Gasteiger partial charge in [0.05, 0.1) is 29.4 Å². The summed E-state index contributed by atoms with van der Waals surface area (Å²) in [7, 11) is 0. The fraction of sp³-hybridized carbons (Fsp3) is 0.158. The lowest BCUT2D eigenvalue weighted by Crippen LogP contribution is -2.19. The van der Waals surface area contributed by atoms with Gasteiger partial charge in [0.15, 0.2) is 17.1 Å². The smallest absolute Gasteiger partial charge is 0.343 e. The summed E-state index contributed by atoms with van der Waals surface area (Å²) in [6.07, 6.45) is 4.48. The van der Waals surface area contributed by atoms with Gasteiger partial charge in [-0.2, -0.15) is 5.10 Å².